The number of nitrogens with one attached hydrogen (secondary N) is 2. The second kappa shape index (κ2) is 7.50. The van der Waals surface area contributed by atoms with E-state index in [1.807, 2.05) is 38.1 Å². The molecule has 0 aromatic heterocycles. The first-order valence-electron chi connectivity index (χ1n) is 5.99. The van der Waals surface area contributed by atoms with E-state index in [2.05, 4.69) is 17.2 Å². The van der Waals surface area contributed by atoms with Crippen molar-refractivity contribution in [2.75, 3.05) is 18.5 Å². The summed E-state index contributed by atoms with van der Waals surface area (Å²) in [5, 5.41) is 5.86. The molecule has 0 spiro atoms. The van der Waals surface area contributed by atoms with Crippen molar-refractivity contribution < 1.29 is 9.53 Å². The minimum absolute atomic E-state index is 0.0524. The zero-order valence-electron chi connectivity index (χ0n) is 10.9. The highest BCUT2D eigenvalue weighted by molar-refractivity contribution is 5.92. The van der Waals surface area contributed by atoms with Crippen LogP contribution in [0.15, 0.2) is 36.9 Å². The third kappa shape index (κ3) is 5.50. The summed E-state index contributed by atoms with van der Waals surface area (Å²) in [6.45, 7) is 8.36. The lowest BCUT2D eigenvalue weighted by Gasteiger charge is -2.09. The molecule has 0 aliphatic carbocycles. The Balaban J connectivity index is 2.42. The Hall–Kier alpha value is -1.81. The second-order valence-corrected chi connectivity index (χ2v) is 4.21. The molecule has 0 radical (unpaired) electrons. The van der Waals surface area contributed by atoms with Crippen molar-refractivity contribution in [3.05, 3.63) is 36.9 Å². The summed E-state index contributed by atoms with van der Waals surface area (Å²) in [6.07, 6.45) is 1.69. The van der Waals surface area contributed by atoms with Crippen molar-refractivity contribution in [2.45, 2.75) is 19.9 Å². The van der Waals surface area contributed by atoms with Gasteiger partial charge in [-0.2, -0.15) is 0 Å². The predicted molar refractivity (Wildman–Crippen MR) is 73.9 cm³/mol. The molecule has 1 aromatic rings. The van der Waals surface area contributed by atoms with E-state index in [0.717, 1.165) is 11.4 Å². The van der Waals surface area contributed by atoms with Crippen molar-refractivity contribution in [1.29, 1.82) is 0 Å². The van der Waals surface area contributed by atoms with Gasteiger partial charge in [-0.05, 0) is 24.3 Å². The van der Waals surface area contributed by atoms with E-state index >= 15 is 0 Å². The molecule has 1 aromatic carbocycles. The molecule has 0 unspecified atom stereocenters. The molecule has 1 amide bonds. The monoisotopic (exact) mass is 248 g/mol. The minimum Gasteiger partial charge on any atom is -0.490 e. The number of hydrogen-bond donors (Lipinski definition) is 2. The van der Waals surface area contributed by atoms with Gasteiger partial charge < -0.3 is 15.4 Å². The highest BCUT2D eigenvalue weighted by atomic mass is 16.5. The van der Waals surface area contributed by atoms with E-state index in [0.29, 0.717) is 19.2 Å². The van der Waals surface area contributed by atoms with Gasteiger partial charge in [-0.3, -0.25) is 4.79 Å². The van der Waals surface area contributed by atoms with E-state index in [1.54, 1.807) is 6.08 Å². The van der Waals surface area contributed by atoms with Gasteiger partial charge in [0.1, 0.15) is 12.4 Å². The minimum atomic E-state index is -0.0524. The highest BCUT2D eigenvalue weighted by Gasteiger charge is 2.03. The zero-order chi connectivity index (χ0) is 13.4. The van der Waals surface area contributed by atoms with Crippen LogP contribution in [0.4, 0.5) is 5.69 Å². The summed E-state index contributed by atoms with van der Waals surface area (Å²) in [6, 6.07) is 7.55. The Morgan fingerprint density at radius 1 is 1.39 bits per heavy atom. The van der Waals surface area contributed by atoms with Crippen LogP contribution in [0, 0.1) is 0 Å². The van der Waals surface area contributed by atoms with Gasteiger partial charge in [-0.1, -0.05) is 26.5 Å². The van der Waals surface area contributed by atoms with E-state index in [4.69, 9.17) is 4.74 Å². The molecule has 0 fully saturated rings. The lowest BCUT2D eigenvalue weighted by molar-refractivity contribution is -0.115. The lowest BCUT2D eigenvalue weighted by Crippen LogP contribution is -2.32. The summed E-state index contributed by atoms with van der Waals surface area (Å²) in [5.74, 6) is 0.705. The third-order valence-corrected chi connectivity index (χ3v) is 2.18. The van der Waals surface area contributed by atoms with Crippen molar-refractivity contribution in [3.63, 3.8) is 0 Å². The first kappa shape index (κ1) is 14.3. The molecule has 0 aliphatic heterocycles. The number of benzene rings is 1. The third-order valence-electron chi connectivity index (χ3n) is 2.18. The van der Waals surface area contributed by atoms with Crippen LogP contribution >= 0.6 is 0 Å². The Morgan fingerprint density at radius 3 is 2.61 bits per heavy atom. The van der Waals surface area contributed by atoms with Gasteiger partial charge >= 0.3 is 0 Å². The van der Waals surface area contributed by atoms with Crippen LogP contribution in [0.25, 0.3) is 0 Å². The molecular formula is C14H20N2O2. The van der Waals surface area contributed by atoms with E-state index in [1.165, 1.54) is 0 Å². The molecular weight excluding hydrogens is 228 g/mol. The Bertz CT molecular complexity index is 385. The summed E-state index contributed by atoms with van der Waals surface area (Å²) in [4.78, 5) is 11.6. The quantitative estimate of drug-likeness (QED) is 0.727. The number of anilines is 1. The maximum absolute atomic E-state index is 11.6. The van der Waals surface area contributed by atoms with Gasteiger partial charge in [-0.25, -0.2) is 0 Å². The van der Waals surface area contributed by atoms with Crippen LogP contribution in [0.1, 0.15) is 13.8 Å². The molecule has 18 heavy (non-hydrogen) atoms. The Labute approximate surface area is 108 Å². The zero-order valence-corrected chi connectivity index (χ0v) is 10.9. The van der Waals surface area contributed by atoms with E-state index in [-0.39, 0.29) is 5.91 Å². The number of carbonyl (C=O) groups excluding carboxylic acids is 1. The molecule has 4 nitrogen and oxygen atoms in total. The number of hydrogen-bond acceptors (Lipinski definition) is 3. The van der Waals surface area contributed by atoms with Gasteiger partial charge in [0, 0.05) is 11.7 Å². The fraction of sp³-hybridized carbons (Fsp3) is 0.357. The SMILES string of the molecule is C=CCOc1ccc(NC(=O)CNC(C)C)cc1. The molecule has 98 valence electrons. The number of carbonyl (C=O) groups is 1. The first-order valence-corrected chi connectivity index (χ1v) is 5.99. The van der Waals surface area contributed by atoms with Gasteiger partial charge in [0.15, 0.2) is 0 Å². The van der Waals surface area contributed by atoms with Crippen molar-refractivity contribution in [1.82, 2.24) is 5.32 Å². The lowest BCUT2D eigenvalue weighted by atomic mass is 10.3. The fourth-order valence-corrected chi connectivity index (χ4v) is 1.29. The Kier molecular flexibility index (Phi) is 5.94. The van der Waals surface area contributed by atoms with Crippen LogP contribution in [0.3, 0.4) is 0 Å². The molecule has 0 aliphatic rings. The van der Waals surface area contributed by atoms with Gasteiger partial charge in [0.05, 0.1) is 6.54 Å². The van der Waals surface area contributed by atoms with Crippen LogP contribution in [-0.2, 0) is 4.79 Å². The first-order chi connectivity index (χ1) is 8.61. The smallest absolute Gasteiger partial charge is 0.238 e. The van der Waals surface area contributed by atoms with Crippen molar-refractivity contribution >= 4 is 11.6 Å². The Morgan fingerprint density at radius 2 is 2.06 bits per heavy atom. The van der Waals surface area contributed by atoms with Crippen LogP contribution in [-0.4, -0.2) is 25.1 Å². The summed E-state index contributed by atoms with van der Waals surface area (Å²) >= 11 is 0. The number of ether oxygens (including phenoxy) is 1. The molecule has 0 bridgehead atoms. The number of amides is 1. The number of rotatable bonds is 7. The normalized spacial score (nSPS) is 10.2. The summed E-state index contributed by atoms with van der Waals surface area (Å²) < 4.78 is 5.35. The van der Waals surface area contributed by atoms with E-state index in [9.17, 15) is 4.79 Å². The molecule has 0 saturated heterocycles. The largest absolute Gasteiger partial charge is 0.490 e. The van der Waals surface area contributed by atoms with Gasteiger partial charge in [-0.15, -0.1) is 0 Å². The molecule has 4 heteroatoms. The predicted octanol–water partition coefficient (Wildman–Crippen LogP) is 2.19. The van der Waals surface area contributed by atoms with E-state index < -0.39 is 0 Å². The molecule has 1 rings (SSSR count). The molecule has 0 saturated carbocycles. The molecule has 2 N–H and O–H groups in total. The standard InChI is InChI=1S/C14H20N2O2/c1-4-9-18-13-7-5-12(6-8-13)16-14(17)10-15-11(2)3/h4-8,11,15H,1,9-10H2,2-3H3,(H,16,17). The maximum atomic E-state index is 11.6. The van der Waals surface area contributed by atoms with Crippen molar-refractivity contribution in [2.24, 2.45) is 0 Å². The van der Waals surface area contributed by atoms with Crippen LogP contribution < -0.4 is 15.4 Å². The average Bonchev–Trinajstić information content (AvgIpc) is 2.35. The van der Waals surface area contributed by atoms with Gasteiger partial charge in [0.25, 0.3) is 0 Å². The van der Waals surface area contributed by atoms with Crippen LogP contribution in [0.5, 0.6) is 5.75 Å². The maximum Gasteiger partial charge on any atom is 0.238 e. The summed E-state index contributed by atoms with van der Waals surface area (Å²) in [7, 11) is 0. The van der Waals surface area contributed by atoms with Crippen molar-refractivity contribution in [3.8, 4) is 5.75 Å². The van der Waals surface area contributed by atoms with Crippen LogP contribution in [0.2, 0.25) is 0 Å². The molecule has 0 heterocycles. The molecule has 0 atom stereocenters. The highest BCUT2D eigenvalue weighted by Crippen LogP contribution is 2.15. The average molecular weight is 248 g/mol. The summed E-state index contributed by atoms with van der Waals surface area (Å²) in [5.41, 5.74) is 0.761. The second-order valence-electron chi connectivity index (χ2n) is 4.21. The fourth-order valence-electron chi connectivity index (χ4n) is 1.29. The topological polar surface area (TPSA) is 50.4 Å². The van der Waals surface area contributed by atoms with Gasteiger partial charge in [0.2, 0.25) is 5.91 Å².